The third-order valence-electron chi connectivity index (χ3n) is 5.67. The quantitative estimate of drug-likeness (QED) is 0.616. The first-order chi connectivity index (χ1) is 14.5. The summed E-state index contributed by atoms with van der Waals surface area (Å²) in [6.07, 6.45) is 3.49. The number of anilines is 1. The molecule has 1 amide bonds. The number of carbonyl (C=O) groups is 1. The van der Waals surface area contributed by atoms with Crippen molar-refractivity contribution in [3.8, 4) is 0 Å². The van der Waals surface area contributed by atoms with Gasteiger partial charge in [-0.15, -0.1) is 5.10 Å². The SMILES string of the molecule is CC(C)OCc1c(C(=O)N2CCC(N(C)c3cccnn3)CC2)oc2ccccc12. The van der Waals surface area contributed by atoms with E-state index in [1.165, 1.54) is 0 Å². The molecular formula is C23H28N4O3. The number of rotatable bonds is 6. The molecule has 3 heterocycles. The number of carbonyl (C=O) groups excluding carboxylic acids is 1. The molecule has 0 radical (unpaired) electrons. The summed E-state index contributed by atoms with van der Waals surface area (Å²) in [6.45, 7) is 5.69. The van der Waals surface area contributed by atoms with E-state index < -0.39 is 0 Å². The van der Waals surface area contributed by atoms with Crippen LogP contribution >= 0.6 is 0 Å². The minimum absolute atomic E-state index is 0.0610. The van der Waals surface area contributed by atoms with Crippen LogP contribution in [0.4, 0.5) is 5.82 Å². The number of furan rings is 1. The van der Waals surface area contributed by atoms with Crippen molar-refractivity contribution in [2.24, 2.45) is 0 Å². The van der Waals surface area contributed by atoms with Crippen molar-refractivity contribution in [3.63, 3.8) is 0 Å². The molecular weight excluding hydrogens is 380 g/mol. The van der Waals surface area contributed by atoms with Crippen LogP contribution in [0.15, 0.2) is 47.0 Å². The normalized spacial score (nSPS) is 15.1. The molecule has 0 atom stereocenters. The number of benzene rings is 1. The van der Waals surface area contributed by atoms with Crippen molar-refractivity contribution < 1.29 is 13.9 Å². The molecule has 0 aliphatic carbocycles. The third-order valence-corrected chi connectivity index (χ3v) is 5.67. The zero-order valence-corrected chi connectivity index (χ0v) is 17.7. The number of hydrogen-bond acceptors (Lipinski definition) is 6. The second-order valence-electron chi connectivity index (χ2n) is 7.98. The first kappa shape index (κ1) is 20.3. The summed E-state index contributed by atoms with van der Waals surface area (Å²) in [4.78, 5) is 17.4. The summed E-state index contributed by atoms with van der Waals surface area (Å²) >= 11 is 0. The third kappa shape index (κ3) is 4.16. The molecule has 2 aromatic heterocycles. The Bertz CT molecular complexity index is 994. The van der Waals surface area contributed by atoms with Crippen molar-refractivity contribution >= 4 is 22.7 Å². The lowest BCUT2D eigenvalue weighted by atomic mass is 10.0. The van der Waals surface area contributed by atoms with Gasteiger partial charge in [0, 0.05) is 43.3 Å². The van der Waals surface area contributed by atoms with Gasteiger partial charge in [-0.05, 0) is 44.9 Å². The predicted molar refractivity (Wildman–Crippen MR) is 115 cm³/mol. The summed E-state index contributed by atoms with van der Waals surface area (Å²) in [7, 11) is 2.03. The number of para-hydroxylation sites is 1. The summed E-state index contributed by atoms with van der Waals surface area (Å²) in [5, 5.41) is 9.10. The zero-order valence-electron chi connectivity index (χ0n) is 17.7. The summed E-state index contributed by atoms with van der Waals surface area (Å²) in [5.41, 5.74) is 1.56. The molecule has 30 heavy (non-hydrogen) atoms. The van der Waals surface area contributed by atoms with Crippen LogP contribution in [0.5, 0.6) is 0 Å². The first-order valence-electron chi connectivity index (χ1n) is 10.5. The highest BCUT2D eigenvalue weighted by Gasteiger charge is 2.30. The van der Waals surface area contributed by atoms with Gasteiger partial charge in [-0.1, -0.05) is 18.2 Å². The minimum atomic E-state index is -0.0610. The van der Waals surface area contributed by atoms with Crippen LogP contribution in [0.1, 0.15) is 42.8 Å². The number of fused-ring (bicyclic) bond motifs is 1. The van der Waals surface area contributed by atoms with Gasteiger partial charge < -0.3 is 19.0 Å². The molecule has 1 saturated heterocycles. The number of likely N-dealkylation sites (tertiary alicyclic amines) is 1. The number of aromatic nitrogens is 2. The van der Waals surface area contributed by atoms with E-state index in [4.69, 9.17) is 9.15 Å². The van der Waals surface area contributed by atoms with E-state index in [1.54, 1.807) is 6.20 Å². The highest BCUT2D eigenvalue weighted by Crippen LogP contribution is 2.29. The van der Waals surface area contributed by atoms with Gasteiger partial charge in [0.1, 0.15) is 5.58 Å². The molecule has 1 aliphatic rings. The van der Waals surface area contributed by atoms with Crippen LogP contribution in [0.2, 0.25) is 0 Å². The summed E-state index contributed by atoms with van der Waals surface area (Å²) in [6, 6.07) is 11.9. The first-order valence-corrected chi connectivity index (χ1v) is 10.5. The molecule has 0 spiro atoms. The molecule has 7 nitrogen and oxygen atoms in total. The Morgan fingerprint density at radius 1 is 1.23 bits per heavy atom. The zero-order chi connectivity index (χ0) is 21.1. The smallest absolute Gasteiger partial charge is 0.289 e. The van der Waals surface area contributed by atoms with Gasteiger partial charge in [0.2, 0.25) is 0 Å². The maximum absolute atomic E-state index is 13.3. The van der Waals surface area contributed by atoms with E-state index in [0.717, 1.165) is 35.2 Å². The van der Waals surface area contributed by atoms with E-state index in [9.17, 15) is 4.79 Å². The number of ether oxygens (including phenoxy) is 1. The van der Waals surface area contributed by atoms with Gasteiger partial charge in [-0.2, -0.15) is 5.10 Å². The van der Waals surface area contributed by atoms with Gasteiger partial charge >= 0.3 is 0 Å². The summed E-state index contributed by atoms with van der Waals surface area (Å²) in [5.74, 6) is 1.19. The Morgan fingerprint density at radius 2 is 2.00 bits per heavy atom. The van der Waals surface area contributed by atoms with Crippen molar-refractivity contribution in [3.05, 3.63) is 53.9 Å². The molecule has 0 saturated carbocycles. The van der Waals surface area contributed by atoms with Crippen molar-refractivity contribution in [2.75, 3.05) is 25.0 Å². The minimum Gasteiger partial charge on any atom is -0.451 e. The molecule has 158 valence electrons. The van der Waals surface area contributed by atoms with Crippen LogP contribution < -0.4 is 4.90 Å². The molecule has 4 rings (SSSR count). The average Bonchev–Trinajstić information content (AvgIpc) is 3.16. The molecule has 1 aromatic carbocycles. The molecule has 0 bridgehead atoms. The van der Waals surface area contributed by atoms with E-state index in [-0.39, 0.29) is 12.0 Å². The maximum atomic E-state index is 13.3. The molecule has 1 aliphatic heterocycles. The number of piperidine rings is 1. The number of hydrogen-bond donors (Lipinski definition) is 0. The van der Waals surface area contributed by atoms with Crippen LogP contribution in [0.25, 0.3) is 11.0 Å². The van der Waals surface area contributed by atoms with E-state index in [2.05, 4.69) is 15.1 Å². The highest BCUT2D eigenvalue weighted by molar-refractivity contribution is 5.99. The topological polar surface area (TPSA) is 71.7 Å². The summed E-state index contributed by atoms with van der Waals surface area (Å²) < 4.78 is 11.8. The maximum Gasteiger partial charge on any atom is 0.289 e. The Kier molecular flexibility index (Phi) is 5.99. The van der Waals surface area contributed by atoms with Crippen molar-refractivity contribution in [1.82, 2.24) is 15.1 Å². The average molecular weight is 409 g/mol. The van der Waals surface area contributed by atoms with Crippen LogP contribution in [-0.4, -0.2) is 53.3 Å². The van der Waals surface area contributed by atoms with Crippen LogP contribution in [-0.2, 0) is 11.3 Å². The van der Waals surface area contributed by atoms with Crippen LogP contribution in [0, 0.1) is 0 Å². The number of amides is 1. The van der Waals surface area contributed by atoms with Gasteiger partial charge in [0.15, 0.2) is 11.6 Å². The van der Waals surface area contributed by atoms with Gasteiger partial charge in [-0.25, -0.2) is 0 Å². The Balaban J connectivity index is 1.49. The fraction of sp³-hybridized carbons (Fsp3) is 0.435. The van der Waals surface area contributed by atoms with E-state index in [0.29, 0.717) is 31.5 Å². The fourth-order valence-corrected chi connectivity index (χ4v) is 3.93. The number of nitrogens with zero attached hydrogens (tertiary/aromatic N) is 4. The van der Waals surface area contributed by atoms with Crippen LogP contribution in [0.3, 0.4) is 0 Å². The Hall–Kier alpha value is -2.93. The largest absolute Gasteiger partial charge is 0.451 e. The molecule has 0 unspecified atom stereocenters. The second-order valence-corrected chi connectivity index (χ2v) is 7.98. The lowest BCUT2D eigenvalue weighted by molar-refractivity contribution is 0.0596. The standard InChI is InChI=1S/C23H28N4O3/c1-16(2)29-15-19-18-7-4-5-8-20(18)30-22(19)23(28)27-13-10-17(11-14-27)26(3)21-9-6-12-24-25-21/h4-9,12,16-17H,10-11,13-15H2,1-3H3. The Labute approximate surface area is 176 Å². The monoisotopic (exact) mass is 408 g/mol. The molecule has 7 heteroatoms. The Morgan fingerprint density at radius 3 is 2.70 bits per heavy atom. The van der Waals surface area contributed by atoms with E-state index in [1.807, 2.05) is 62.2 Å². The van der Waals surface area contributed by atoms with Crippen molar-refractivity contribution in [1.29, 1.82) is 0 Å². The fourth-order valence-electron chi connectivity index (χ4n) is 3.93. The predicted octanol–water partition coefficient (Wildman–Crippen LogP) is 3.89. The second kappa shape index (κ2) is 8.83. The van der Waals surface area contributed by atoms with Gasteiger partial charge in [-0.3, -0.25) is 4.79 Å². The molecule has 0 N–H and O–H groups in total. The molecule has 3 aromatic rings. The lowest BCUT2D eigenvalue weighted by Crippen LogP contribution is -2.46. The highest BCUT2D eigenvalue weighted by atomic mass is 16.5. The van der Waals surface area contributed by atoms with E-state index >= 15 is 0 Å². The molecule has 1 fully saturated rings. The van der Waals surface area contributed by atoms with Gasteiger partial charge in [0.05, 0.1) is 12.7 Å². The lowest BCUT2D eigenvalue weighted by Gasteiger charge is -2.36. The van der Waals surface area contributed by atoms with Crippen molar-refractivity contribution in [2.45, 2.75) is 45.4 Å². The van der Waals surface area contributed by atoms with Gasteiger partial charge in [0.25, 0.3) is 5.91 Å².